The summed E-state index contributed by atoms with van der Waals surface area (Å²) in [6.45, 7) is 0. The smallest absolute Gasteiger partial charge is 0.257 e. The first kappa shape index (κ1) is 16.1. The van der Waals surface area contributed by atoms with Crippen LogP contribution in [0, 0.1) is 17.1 Å². The summed E-state index contributed by atoms with van der Waals surface area (Å²) in [5.74, 6) is -0.990. The monoisotopic (exact) mass is 332 g/mol. The summed E-state index contributed by atoms with van der Waals surface area (Å²) in [5, 5.41) is 14.7. The number of carbonyl (C=O) groups excluding carboxylic acids is 1. The summed E-state index contributed by atoms with van der Waals surface area (Å²) in [6.07, 6.45) is 2.92. The first-order valence-electron chi connectivity index (χ1n) is 7.44. The quantitative estimate of drug-likeness (QED) is 0.754. The molecule has 2 aromatic carbocycles. The SMILES string of the molecule is N#Cc1ccccc1Nc1cncc(C(=O)Nc2ccccc2F)c1. The number of nitriles is 1. The van der Waals surface area contributed by atoms with Crippen LogP contribution in [0.15, 0.2) is 67.0 Å². The minimum Gasteiger partial charge on any atom is -0.353 e. The third kappa shape index (κ3) is 3.79. The molecule has 0 unspecified atom stereocenters. The van der Waals surface area contributed by atoms with Crippen LogP contribution < -0.4 is 10.6 Å². The number of pyridine rings is 1. The van der Waals surface area contributed by atoms with Gasteiger partial charge in [0.2, 0.25) is 0 Å². The molecule has 1 amide bonds. The van der Waals surface area contributed by atoms with Crippen molar-refractivity contribution in [1.29, 1.82) is 5.26 Å². The van der Waals surface area contributed by atoms with Crippen molar-refractivity contribution in [2.45, 2.75) is 0 Å². The highest BCUT2D eigenvalue weighted by atomic mass is 19.1. The highest BCUT2D eigenvalue weighted by molar-refractivity contribution is 6.04. The van der Waals surface area contributed by atoms with Gasteiger partial charge in [0, 0.05) is 6.20 Å². The second-order valence-electron chi connectivity index (χ2n) is 5.18. The largest absolute Gasteiger partial charge is 0.353 e. The van der Waals surface area contributed by atoms with Crippen LogP contribution in [0.3, 0.4) is 0 Å². The molecule has 0 spiro atoms. The Labute approximate surface area is 143 Å². The lowest BCUT2D eigenvalue weighted by molar-refractivity contribution is 0.102. The maximum absolute atomic E-state index is 13.6. The second kappa shape index (κ2) is 7.23. The van der Waals surface area contributed by atoms with E-state index in [1.165, 1.54) is 24.5 Å². The van der Waals surface area contributed by atoms with E-state index in [1.54, 1.807) is 42.5 Å². The fourth-order valence-electron chi connectivity index (χ4n) is 2.23. The Kier molecular flexibility index (Phi) is 4.67. The number of aromatic nitrogens is 1. The Morgan fingerprint density at radius 2 is 1.76 bits per heavy atom. The van der Waals surface area contributed by atoms with E-state index in [-0.39, 0.29) is 11.3 Å². The predicted molar refractivity (Wildman–Crippen MR) is 93.0 cm³/mol. The van der Waals surface area contributed by atoms with Gasteiger partial charge >= 0.3 is 0 Å². The first-order valence-corrected chi connectivity index (χ1v) is 7.44. The normalized spacial score (nSPS) is 9.92. The molecule has 3 rings (SSSR count). The van der Waals surface area contributed by atoms with Crippen molar-refractivity contribution in [3.8, 4) is 6.07 Å². The molecule has 0 aliphatic carbocycles. The third-order valence-electron chi connectivity index (χ3n) is 3.45. The molecule has 6 heteroatoms. The van der Waals surface area contributed by atoms with Gasteiger partial charge in [-0.25, -0.2) is 4.39 Å². The van der Waals surface area contributed by atoms with Crippen LogP contribution in [0.2, 0.25) is 0 Å². The van der Waals surface area contributed by atoms with Crippen molar-refractivity contribution in [2.24, 2.45) is 0 Å². The number of carbonyl (C=O) groups is 1. The molecule has 0 aliphatic heterocycles. The molecular formula is C19H13FN4O. The van der Waals surface area contributed by atoms with E-state index in [2.05, 4.69) is 21.7 Å². The maximum Gasteiger partial charge on any atom is 0.257 e. The topological polar surface area (TPSA) is 77.8 Å². The molecule has 0 atom stereocenters. The van der Waals surface area contributed by atoms with Gasteiger partial charge in [-0.2, -0.15) is 5.26 Å². The number of hydrogen-bond donors (Lipinski definition) is 2. The zero-order valence-corrected chi connectivity index (χ0v) is 13.0. The summed E-state index contributed by atoms with van der Waals surface area (Å²) in [5.41, 5.74) is 1.99. The van der Waals surface area contributed by atoms with E-state index < -0.39 is 11.7 Å². The minimum absolute atomic E-state index is 0.0979. The Bertz CT molecular complexity index is 965. The zero-order valence-electron chi connectivity index (χ0n) is 13.0. The average molecular weight is 332 g/mol. The average Bonchev–Trinajstić information content (AvgIpc) is 2.64. The summed E-state index contributed by atoms with van der Waals surface area (Å²) in [7, 11) is 0. The number of hydrogen-bond acceptors (Lipinski definition) is 4. The Morgan fingerprint density at radius 1 is 1.04 bits per heavy atom. The number of rotatable bonds is 4. The van der Waals surface area contributed by atoms with Crippen molar-refractivity contribution in [3.05, 3.63) is 83.9 Å². The van der Waals surface area contributed by atoms with Gasteiger partial charge in [-0.1, -0.05) is 24.3 Å². The summed E-state index contributed by atoms with van der Waals surface area (Å²) in [6, 6.07) is 16.6. The molecule has 122 valence electrons. The van der Waals surface area contributed by atoms with Crippen LogP contribution in [0.5, 0.6) is 0 Å². The van der Waals surface area contributed by atoms with Crippen LogP contribution in [0.25, 0.3) is 0 Å². The Morgan fingerprint density at radius 3 is 2.52 bits per heavy atom. The van der Waals surface area contributed by atoms with Gasteiger partial charge in [0.15, 0.2) is 0 Å². The van der Waals surface area contributed by atoms with E-state index >= 15 is 0 Å². The van der Waals surface area contributed by atoms with Crippen LogP contribution in [0.4, 0.5) is 21.5 Å². The molecular weight excluding hydrogens is 319 g/mol. The standard InChI is InChI=1S/C19H13FN4O/c20-16-6-2-4-8-18(16)24-19(25)14-9-15(12-22-11-14)23-17-7-3-1-5-13(17)10-21/h1-9,11-12,23H,(H,24,25). The molecule has 0 aliphatic rings. The first-order chi connectivity index (χ1) is 12.2. The molecule has 0 saturated heterocycles. The second-order valence-corrected chi connectivity index (χ2v) is 5.18. The summed E-state index contributed by atoms with van der Waals surface area (Å²) < 4.78 is 13.6. The zero-order chi connectivity index (χ0) is 17.6. The number of para-hydroxylation sites is 2. The van der Waals surface area contributed by atoms with E-state index in [0.29, 0.717) is 16.9 Å². The highest BCUT2D eigenvalue weighted by Crippen LogP contribution is 2.21. The molecule has 0 bridgehead atoms. The molecule has 0 radical (unpaired) electrons. The van der Waals surface area contributed by atoms with E-state index in [1.807, 2.05) is 0 Å². The molecule has 0 fully saturated rings. The molecule has 1 aromatic heterocycles. The summed E-state index contributed by atoms with van der Waals surface area (Å²) >= 11 is 0. The van der Waals surface area contributed by atoms with Crippen molar-refractivity contribution in [1.82, 2.24) is 4.98 Å². The number of halogens is 1. The number of benzene rings is 2. The van der Waals surface area contributed by atoms with E-state index in [4.69, 9.17) is 5.26 Å². The number of amides is 1. The lowest BCUT2D eigenvalue weighted by atomic mass is 10.2. The fourth-order valence-corrected chi connectivity index (χ4v) is 2.23. The fraction of sp³-hybridized carbons (Fsp3) is 0. The molecule has 3 aromatic rings. The Balaban J connectivity index is 1.81. The van der Waals surface area contributed by atoms with Gasteiger partial charge in [-0.3, -0.25) is 9.78 Å². The predicted octanol–water partition coefficient (Wildman–Crippen LogP) is 4.09. The Hall–Kier alpha value is -3.72. The maximum atomic E-state index is 13.6. The molecule has 25 heavy (non-hydrogen) atoms. The van der Waals surface area contributed by atoms with Gasteiger partial charge < -0.3 is 10.6 Å². The van der Waals surface area contributed by atoms with E-state index in [0.717, 1.165) is 0 Å². The van der Waals surface area contributed by atoms with Gasteiger partial charge in [0.25, 0.3) is 5.91 Å². The van der Waals surface area contributed by atoms with Crippen molar-refractivity contribution >= 4 is 23.0 Å². The molecule has 5 nitrogen and oxygen atoms in total. The third-order valence-corrected chi connectivity index (χ3v) is 3.45. The van der Waals surface area contributed by atoms with Crippen molar-refractivity contribution in [3.63, 3.8) is 0 Å². The minimum atomic E-state index is -0.513. The molecule has 0 saturated carbocycles. The van der Waals surface area contributed by atoms with E-state index in [9.17, 15) is 9.18 Å². The van der Waals surface area contributed by atoms with Gasteiger partial charge in [-0.15, -0.1) is 0 Å². The van der Waals surface area contributed by atoms with Gasteiger partial charge in [0.1, 0.15) is 11.9 Å². The molecule has 1 heterocycles. The lowest BCUT2D eigenvalue weighted by Gasteiger charge is -2.10. The van der Waals surface area contributed by atoms with Crippen LogP contribution in [-0.4, -0.2) is 10.9 Å². The lowest BCUT2D eigenvalue weighted by Crippen LogP contribution is -2.13. The van der Waals surface area contributed by atoms with Gasteiger partial charge in [0.05, 0.1) is 34.4 Å². The van der Waals surface area contributed by atoms with Crippen molar-refractivity contribution in [2.75, 3.05) is 10.6 Å². The van der Waals surface area contributed by atoms with Crippen LogP contribution in [-0.2, 0) is 0 Å². The van der Waals surface area contributed by atoms with Crippen LogP contribution >= 0.6 is 0 Å². The number of nitrogens with one attached hydrogen (secondary N) is 2. The number of anilines is 3. The highest BCUT2D eigenvalue weighted by Gasteiger charge is 2.10. The number of nitrogens with zero attached hydrogens (tertiary/aromatic N) is 2. The summed E-state index contributed by atoms with van der Waals surface area (Å²) in [4.78, 5) is 16.3. The van der Waals surface area contributed by atoms with Crippen LogP contribution in [0.1, 0.15) is 15.9 Å². The molecule has 2 N–H and O–H groups in total. The van der Waals surface area contributed by atoms with Gasteiger partial charge in [-0.05, 0) is 30.3 Å². The van der Waals surface area contributed by atoms with Crippen molar-refractivity contribution < 1.29 is 9.18 Å².